The molecule has 0 aliphatic carbocycles. The second-order valence-corrected chi connectivity index (χ2v) is 6.11. The number of methoxy groups -OCH3 is 1. The summed E-state index contributed by atoms with van der Waals surface area (Å²) in [5, 5.41) is 0.880. The van der Waals surface area contributed by atoms with Crippen LogP contribution in [0.15, 0.2) is 59.4 Å². The molecular weight excluding hydrogens is 360 g/mol. The molecule has 7 nitrogen and oxygen atoms in total. The van der Waals surface area contributed by atoms with Gasteiger partial charge in [-0.05, 0) is 42.1 Å². The first-order valence-corrected chi connectivity index (χ1v) is 8.94. The van der Waals surface area contributed by atoms with Crippen LogP contribution in [0.2, 0.25) is 0 Å². The number of H-pyrrole nitrogens is 1. The van der Waals surface area contributed by atoms with E-state index >= 15 is 0 Å². The molecular formula is C21H22N2O5. The summed E-state index contributed by atoms with van der Waals surface area (Å²) in [5.74, 6) is 1.11. The Hall–Kier alpha value is -3.32. The van der Waals surface area contributed by atoms with Crippen molar-refractivity contribution in [3.05, 3.63) is 70.5 Å². The van der Waals surface area contributed by atoms with Gasteiger partial charge in [0.05, 0.1) is 12.6 Å². The van der Waals surface area contributed by atoms with Crippen LogP contribution in [0.25, 0.3) is 10.9 Å². The molecule has 0 aliphatic heterocycles. The second kappa shape index (κ2) is 9.57. The van der Waals surface area contributed by atoms with E-state index in [1.54, 1.807) is 19.2 Å². The molecule has 0 radical (unpaired) electrons. The first-order chi connectivity index (χ1) is 13.7. The number of carbonyl (C=O) groups is 1. The second-order valence-electron chi connectivity index (χ2n) is 6.11. The zero-order valence-corrected chi connectivity index (χ0v) is 15.6. The number of benzene rings is 2. The highest BCUT2D eigenvalue weighted by molar-refractivity contribution is 5.80. The largest absolute Gasteiger partial charge is 0.497 e. The van der Waals surface area contributed by atoms with Gasteiger partial charge < -0.3 is 14.5 Å². The average Bonchev–Trinajstić information content (AvgIpc) is 2.72. The summed E-state index contributed by atoms with van der Waals surface area (Å²) in [6.45, 7) is 0.539. The molecule has 0 spiro atoms. The summed E-state index contributed by atoms with van der Waals surface area (Å²) >= 11 is 0. The highest BCUT2D eigenvalue weighted by atomic mass is 16.7. The van der Waals surface area contributed by atoms with Crippen LogP contribution in [0.1, 0.15) is 12.0 Å². The standard InChI is InChI=1S/C21H22N2O5/c1-26-18-9-7-15-13-16(21(25)22-19(15)14-18)8-10-20(24)23-28-12-11-27-17-5-3-2-4-6-17/h2-7,9,13-14H,8,10-12H2,1H3,(H,22,25)(H,23,24). The number of aromatic amines is 1. The molecule has 0 atom stereocenters. The van der Waals surface area contributed by atoms with Crippen molar-refractivity contribution >= 4 is 16.8 Å². The maximum absolute atomic E-state index is 12.2. The van der Waals surface area contributed by atoms with Crippen LogP contribution < -0.4 is 20.5 Å². The average molecular weight is 382 g/mol. The minimum Gasteiger partial charge on any atom is -0.497 e. The summed E-state index contributed by atoms with van der Waals surface area (Å²) in [4.78, 5) is 32.0. The zero-order valence-electron chi connectivity index (χ0n) is 15.6. The first kappa shape index (κ1) is 19.4. The first-order valence-electron chi connectivity index (χ1n) is 8.94. The SMILES string of the molecule is COc1ccc2cc(CCC(=O)NOCCOc3ccccc3)c(=O)[nH]c2c1. The van der Waals surface area contributed by atoms with Gasteiger partial charge in [-0.2, -0.15) is 0 Å². The Balaban J connectivity index is 1.44. The number of aryl methyl sites for hydroxylation is 1. The van der Waals surface area contributed by atoms with Crippen molar-refractivity contribution in [2.24, 2.45) is 0 Å². The van der Waals surface area contributed by atoms with E-state index in [9.17, 15) is 9.59 Å². The molecule has 3 aromatic rings. The van der Waals surface area contributed by atoms with Gasteiger partial charge in [0.25, 0.3) is 5.56 Å². The van der Waals surface area contributed by atoms with Crippen molar-refractivity contribution in [1.29, 1.82) is 0 Å². The zero-order chi connectivity index (χ0) is 19.8. The maximum atomic E-state index is 12.2. The molecule has 1 amide bonds. The minimum absolute atomic E-state index is 0.143. The number of aromatic nitrogens is 1. The Kier molecular flexibility index (Phi) is 6.64. The van der Waals surface area contributed by atoms with Gasteiger partial charge in [0.1, 0.15) is 24.7 Å². The van der Waals surface area contributed by atoms with E-state index in [4.69, 9.17) is 14.3 Å². The Labute approximate surface area is 162 Å². The van der Waals surface area contributed by atoms with Gasteiger partial charge in [-0.1, -0.05) is 18.2 Å². The lowest BCUT2D eigenvalue weighted by Crippen LogP contribution is -2.27. The number of hydrogen-bond donors (Lipinski definition) is 2. The molecule has 0 saturated heterocycles. The van der Waals surface area contributed by atoms with Crippen molar-refractivity contribution in [2.75, 3.05) is 20.3 Å². The van der Waals surface area contributed by atoms with E-state index in [1.807, 2.05) is 42.5 Å². The third kappa shape index (κ3) is 5.34. The van der Waals surface area contributed by atoms with E-state index in [1.165, 1.54) is 0 Å². The lowest BCUT2D eigenvalue weighted by atomic mass is 10.1. The number of amides is 1. The number of ether oxygens (including phenoxy) is 2. The van der Waals surface area contributed by atoms with Crippen LogP contribution in [0.4, 0.5) is 0 Å². The minimum atomic E-state index is -0.297. The third-order valence-corrected chi connectivity index (χ3v) is 4.13. The summed E-state index contributed by atoms with van der Waals surface area (Å²) in [7, 11) is 1.57. The molecule has 2 aromatic carbocycles. The number of hydroxylamine groups is 1. The molecule has 0 fully saturated rings. The van der Waals surface area contributed by atoms with Crippen molar-refractivity contribution in [1.82, 2.24) is 10.5 Å². The van der Waals surface area contributed by atoms with Gasteiger partial charge in [-0.3, -0.25) is 14.4 Å². The molecule has 3 rings (SSSR count). The Morgan fingerprint density at radius 2 is 1.86 bits per heavy atom. The number of carbonyl (C=O) groups excluding carboxylic acids is 1. The molecule has 28 heavy (non-hydrogen) atoms. The summed E-state index contributed by atoms with van der Waals surface area (Å²) in [5.41, 5.74) is 3.38. The van der Waals surface area contributed by atoms with Crippen LogP contribution in [0.5, 0.6) is 11.5 Å². The smallest absolute Gasteiger partial charge is 0.251 e. The molecule has 1 aromatic heterocycles. The fourth-order valence-corrected chi connectivity index (χ4v) is 2.69. The predicted molar refractivity (Wildman–Crippen MR) is 105 cm³/mol. The highest BCUT2D eigenvalue weighted by Crippen LogP contribution is 2.18. The van der Waals surface area contributed by atoms with Gasteiger partial charge in [-0.15, -0.1) is 0 Å². The molecule has 1 heterocycles. The quantitative estimate of drug-likeness (QED) is 0.439. The fourth-order valence-electron chi connectivity index (χ4n) is 2.69. The van der Waals surface area contributed by atoms with E-state index in [0.717, 1.165) is 11.1 Å². The van der Waals surface area contributed by atoms with Crippen molar-refractivity contribution in [3.63, 3.8) is 0 Å². The van der Waals surface area contributed by atoms with E-state index in [2.05, 4.69) is 10.5 Å². The highest BCUT2D eigenvalue weighted by Gasteiger charge is 2.08. The van der Waals surface area contributed by atoms with Gasteiger partial charge in [0.15, 0.2) is 0 Å². The van der Waals surface area contributed by atoms with E-state index in [-0.39, 0.29) is 24.5 Å². The Morgan fingerprint density at radius 3 is 2.64 bits per heavy atom. The maximum Gasteiger partial charge on any atom is 0.251 e. The number of para-hydroxylation sites is 1. The molecule has 7 heteroatoms. The summed E-state index contributed by atoms with van der Waals surface area (Å²) in [6.07, 6.45) is 0.456. The van der Waals surface area contributed by atoms with Crippen LogP contribution in [0.3, 0.4) is 0 Å². The van der Waals surface area contributed by atoms with E-state index < -0.39 is 0 Å². The number of hydrogen-bond acceptors (Lipinski definition) is 5. The molecule has 0 aliphatic rings. The molecule has 0 bridgehead atoms. The summed E-state index contributed by atoms with van der Waals surface area (Å²) < 4.78 is 10.6. The van der Waals surface area contributed by atoms with Gasteiger partial charge >= 0.3 is 0 Å². The number of pyridine rings is 1. The summed E-state index contributed by atoms with van der Waals surface area (Å²) in [6, 6.07) is 16.6. The molecule has 146 valence electrons. The van der Waals surface area contributed by atoms with Gasteiger partial charge in [0.2, 0.25) is 5.91 Å². The molecule has 2 N–H and O–H groups in total. The number of nitrogens with one attached hydrogen (secondary N) is 2. The van der Waals surface area contributed by atoms with E-state index in [0.29, 0.717) is 29.9 Å². The monoisotopic (exact) mass is 382 g/mol. The van der Waals surface area contributed by atoms with Crippen LogP contribution in [-0.4, -0.2) is 31.2 Å². The fraction of sp³-hybridized carbons (Fsp3) is 0.238. The number of fused-ring (bicyclic) bond motifs is 1. The molecule has 0 saturated carbocycles. The predicted octanol–water partition coefficient (Wildman–Crippen LogP) is 2.60. The van der Waals surface area contributed by atoms with Crippen LogP contribution in [0, 0.1) is 0 Å². The molecule has 0 unspecified atom stereocenters. The Morgan fingerprint density at radius 1 is 1.04 bits per heavy atom. The van der Waals surface area contributed by atoms with Gasteiger partial charge in [-0.25, -0.2) is 5.48 Å². The Bertz CT molecular complexity index is 985. The van der Waals surface area contributed by atoms with Gasteiger partial charge in [0, 0.05) is 18.1 Å². The lowest BCUT2D eigenvalue weighted by Gasteiger charge is -2.08. The topological polar surface area (TPSA) is 89.7 Å². The van der Waals surface area contributed by atoms with Crippen LogP contribution >= 0.6 is 0 Å². The van der Waals surface area contributed by atoms with Crippen molar-refractivity contribution < 1.29 is 19.1 Å². The normalized spacial score (nSPS) is 10.6. The van der Waals surface area contributed by atoms with Crippen molar-refractivity contribution in [3.8, 4) is 11.5 Å². The van der Waals surface area contributed by atoms with Crippen molar-refractivity contribution in [2.45, 2.75) is 12.8 Å². The third-order valence-electron chi connectivity index (χ3n) is 4.13. The number of rotatable bonds is 9. The van der Waals surface area contributed by atoms with Crippen LogP contribution in [-0.2, 0) is 16.1 Å². The lowest BCUT2D eigenvalue weighted by molar-refractivity contribution is -0.134.